The van der Waals surface area contributed by atoms with Gasteiger partial charge in [0, 0.05) is 5.02 Å². The molecule has 1 unspecified atom stereocenters. The van der Waals surface area contributed by atoms with Gasteiger partial charge in [0.1, 0.15) is 5.82 Å². The van der Waals surface area contributed by atoms with Crippen molar-refractivity contribution in [2.45, 2.75) is 10.6 Å². The summed E-state index contributed by atoms with van der Waals surface area (Å²) >= 11 is 6.00. The van der Waals surface area contributed by atoms with Gasteiger partial charge in [-0.2, -0.15) is 0 Å². The largest absolute Gasteiger partial charge is 0.398 e. The summed E-state index contributed by atoms with van der Waals surface area (Å²) in [5.74, 6) is -0.179. The van der Waals surface area contributed by atoms with Crippen LogP contribution < -0.4 is 5.73 Å². The maximum atomic E-state index is 12.9. The number of hydrogen-bond acceptors (Lipinski definition) is 2. The zero-order valence-electron chi connectivity index (χ0n) is 9.40. The van der Waals surface area contributed by atoms with Gasteiger partial charge in [-0.3, -0.25) is 4.21 Å². The molecule has 0 amide bonds. The summed E-state index contributed by atoms with van der Waals surface area (Å²) in [5.41, 5.74) is 6.62. The monoisotopic (exact) mass is 283 g/mol. The molecule has 2 aromatic carbocycles. The summed E-state index contributed by atoms with van der Waals surface area (Å²) in [6.45, 7) is 0. The van der Waals surface area contributed by atoms with Crippen LogP contribution in [0.1, 0.15) is 5.56 Å². The van der Waals surface area contributed by atoms with Gasteiger partial charge >= 0.3 is 0 Å². The highest BCUT2D eigenvalue weighted by Crippen LogP contribution is 2.23. The van der Waals surface area contributed by atoms with Crippen molar-refractivity contribution in [3.05, 3.63) is 58.9 Å². The van der Waals surface area contributed by atoms with E-state index in [0.717, 1.165) is 5.56 Å². The van der Waals surface area contributed by atoms with Crippen LogP contribution in [0.4, 0.5) is 10.1 Å². The van der Waals surface area contributed by atoms with Gasteiger partial charge in [0.15, 0.2) is 0 Å². The minimum Gasteiger partial charge on any atom is -0.398 e. The van der Waals surface area contributed by atoms with Gasteiger partial charge < -0.3 is 5.73 Å². The van der Waals surface area contributed by atoms with E-state index < -0.39 is 16.6 Å². The first-order chi connectivity index (χ1) is 8.58. The molecular weight excluding hydrogens is 273 g/mol. The van der Waals surface area contributed by atoms with Gasteiger partial charge in [-0.05, 0) is 29.8 Å². The van der Waals surface area contributed by atoms with E-state index in [1.54, 1.807) is 18.2 Å². The molecule has 2 aromatic rings. The Morgan fingerprint density at radius 2 is 1.94 bits per heavy atom. The molecular formula is C13H11ClFNOS. The van der Waals surface area contributed by atoms with Crippen molar-refractivity contribution in [3.63, 3.8) is 0 Å². The van der Waals surface area contributed by atoms with Crippen molar-refractivity contribution in [1.29, 1.82) is 0 Å². The van der Waals surface area contributed by atoms with E-state index >= 15 is 0 Å². The topological polar surface area (TPSA) is 43.1 Å². The molecule has 0 saturated carbocycles. The van der Waals surface area contributed by atoms with Gasteiger partial charge in [-0.15, -0.1) is 0 Å². The van der Waals surface area contributed by atoms with Crippen molar-refractivity contribution in [3.8, 4) is 0 Å². The average molecular weight is 284 g/mol. The van der Waals surface area contributed by atoms with Crippen LogP contribution in [0.5, 0.6) is 0 Å². The van der Waals surface area contributed by atoms with Crippen molar-refractivity contribution in [1.82, 2.24) is 0 Å². The predicted octanol–water partition coefficient (Wildman–Crippen LogP) is 3.37. The highest BCUT2D eigenvalue weighted by molar-refractivity contribution is 7.84. The molecule has 0 aliphatic heterocycles. The zero-order chi connectivity index (χ0) is 13.1. The summed E-state index contributed by atoms with van der Waals surface area (Å²) in [6, 6.07) is 11.0. The van der Waals surface area contributed by atoms with Crippen LogP contribution in [-0.2, 0) is 16.6 Å². The quantitative estimate of drug-likeness (QED) is 0.878. The molecule has 0 spiro atoms. The molecule has 0 saturated heterocycles. The number of rotatable bonds is 3. The Morgan fingerprint density at radius 3 is 2.61 bits per heavy atom. The van der Waals surface area contributed by atoms with Crippen molar-refractivity contribution < 1.29 is 8.60 Å². The molecule has 1 atom stereocenters. The Balaban J connectivity index is 2.25. The number of nitrogen functional groups attached to an aromatic ring is 1. The van der Waals surface area contributed by atoms with Gasteiger partial charge in [0.05, 0.1) is 27.1 Å². The Labute approximate surface area is 112 Å². The molecule has 18 heavy (non-hydrogen) atoms. The molecule has 2 N–H and O–H groups in total. The number of anilines is 1. The SMILES string of the molecule is Nc1cc(F)ccc1S(=O)Cc1ccccc1Cl. The van der Waals surface area contributed by atoms with Gasteiger partial charge in [0.2, 0.25) is 0 Å². The van der Waals surface area contributed by atoms with E-state index in [-0.39, 0.29) is 11.4 Å². The lowest BCUT2D eigenvalue weighted by atomic mass is 10.2. The van der Waals surface area contributed by atoms with E-state index in [1.807, 2.05) is 6.07 Å². The average Bonchev–Trinajstić information content (AvgIpc) is 2.32. The summed E-state index contributed by atoms with van der Waals surface area (Å²) in [5, 5.41) is 0.562. The minimum absolute atomic E-state index is 0.195. The van der Waals surface area contributed by atoms with E-state index in [1.165, 1.54) is 18.2 Å². The lowest BCUT2D eigenvalue weighted by Crippen LogP contribution is -2.01. The zero-order valence-corrected chi connectivity index (χ0v) is 11.0. The molecule has 0 heterocycles. The molecule has 94 valence electrons. The standard InChI is InChI=1S/C13H11ClFNOS/c14-11-4-2-1-3-9(11)8-18(17)13-6-5-10(15)7-12(13)16/h1-7H,8,16H2. The Kier molecular flexibility index (Phi) is 3.99. The van der Waals surface area contributed by atoms with Crippen molar-refractivity contribution >= 4 is 28.1 Å². The van der Waals surface area contributed by atoms with E-state index in [4.69, 9.17) is 17.3 Å². The van der Waals surface area contributed by atoms with Crippen LogP contribution in [0.25, 0.3) is 0 Å². The third-order valence-electron chi connectivity index (χ3n) is 2.46. The highest BCUT2D eigenvalue weighted by Gasteiger charge is 2.11. The number of halogens is 2. The normalized spacial score (nSPS) is 12.3. The lowest BCUT2D eigenvalue weighted by Gasteiger charge is -2.07. The first-order valence-electron chi connectivity index (χ1n) is 5.25. The second kappa shape index (κ2) is 5.50. The summed E-state index contributed by atoms with van der Waals surface area (Å²) in [6.07, 6.45) is 0. The van der Waals surface area contributed by atoms with Gasteiger partial charge in [0.25, 0.3) is 0 Å². The number of nitrogens with two attached hydrogens (primary N) is 1. The predicted molar refractivity (Wildman–Crippen MR) is 72.4 cm³/mol. The fraction of sp³-hybridized carbons (Fsp3) is 0.0769. The molecule has 2 rings (SSSR count). The maximum Gasteiger partial charge on any atom is 0.125 e. The Morgan fingerprint density at radius 1 is 1.22 bits per heavy atom. The van der Waals surface area contributed by atoms with Crippen LogP contribution in [-0.4, -0.2) is 4.21 Å². The first kappa shape index (κ1) is 13.1. The minimum atomic E-state index is -1.34. The second-order valence-corrected chi connectivity index (χ2v) is 5.59. The van der Waals surface area contributed by atoms with Crippen LogP contribution in [0.3, 0.4) is 0 Å². The van der Waals surface area contributed by atoms with E-state index in [9.17, 15) is 8.60 Å². The summed E-state index contributed by atoms with van der Waals surface area (Å²) in [4.78, 5) is 0.427. The van der Waals surface area contributed by atoms with Gasteiger partial charge in [-0.25, -0.2) is 4.39 Å². The van der Waals surface area contributed by atoms with Crippen LogP contribution in [0.2, 0.25) is 5.02 Å². The smallest absolute Gasteiger partial charge is 0.125 e. The fourth-order valence-electron chi connectivity index (χ4n) is 1.56. The molecule has 0 fully saturated rings. The summed E-state index contributed by atoms with van der Waals surface area (Å²) < 4.78 is 25.1. The third kappa shape index (κ3) is 2.89. The fourth-order valence-corrected chi connectivity index (χ4v) is 3.07. The number of benzene rings is 2. The Bertz CT molecular complexity index is 603. The number of hydrogen-bond donors (Lipinski definition) is 1. The summed E-state index contributed by atoms with van der Waals surface area (Å²) in [7, 11) is -1.34. The van der Waals surface area contributed by atoms with Crippen LogP contribution in [0.15, 0.2) is 47.4 Å². The molecule has 0 radical (unpaired) electrons. The molecule has 0 aromatic heterocycles. The van der Waals surface area contributed by atoms with Gasteiger partial charge in [-0.1, -0.05) is 29.8 Å². The lowest BCUT2D eigenvalue weighted by molar-refractivity contribution is 0.627. The van der Waals surface area contributed by atoms with Crippen LogP contribution >= 0.6 is 11.6 Å². The second-order valence-electron chi connectivity index (χ2n) is 3.76. The van der Waals surface area contributed by atoms with E-state index in [2.05, 4.69) is 0 Å². The molecule has 0 aliphatic rings. The van der Waals surface area contributed by atoms with Crippen LogP contribution in [0, 0.1) is 5.82 Å². The molecule has 5 heteroatoms. The van der Waals surface area contributed by atoms with E-state index in [0.29, 0.717) is 9.92 Å². The van der Waals surface area contributed by atoms with Crippen molar-refractivity contribution in [2.24, 2.45) is 0 Å². The molecule has 0 aliphatic carbocycles. The van der Waals surface area contributed by atoms with Crippen molar-refractivity contribution in [2.75, 3.05) is 5.73 Å². The Hall–Kier alpha value is -1.39. The first-order valence-corrected chi connectivity index (χ1v) is 6.94. The maximum absolute atomic E-state index is 12.9. The highest BCUT2D eigenvalue weighted by atomic mass is 35.5. The molecule has 0 bridgehead atoms. The molecule has 2 nitrogen and oxygen atoms in total. The third-order valence-corrected chi connectivity index (χ3v) is 4.27.